The molecule has 0 heterocycles. The molecule has 1 rings (SSSR count). The quantitative estimate of drug-likeness (QED) is 0.443. The average molecular weight is 285 g/mol. The van der Waals surface area contributed by atoms with E-state index in [4.69, 9.17) is 5.39 Å². The van der Waals surface area contributed by atoms with Gasteiger partial charge in [-0.2, -0.15) is 0 Å². The molecule has 0 radical (unpaired) electrons. The summed E-state index contributed by atoms with van der Waals surface area (Å²) >= 11 is 0.406. The van der Waals surface area contributed by atoms with Gasteiger partial charge in [0.15, 0.2) is 0 Å². The Labute approximate surface area is 90.6 Å². The average Bonchev–Trinajstić information content (AvgIpc) is 2.15. The Balaban J connectivity index is 0.000000336. The van der Waals surface area contributed by atoms with Crippen LogP contribution in [0.5, 0.6) is 0 Å². The molecule has 15 heavy (non-hydrogen) atoms. The van der Waals surface area contributed by atoms with Gasteiger partial charge in [0.05, 0.1) is 0 Å². The summed E-state index contributed by atoms with van der Waals surface area (Å²) in [5, 5.41) is 8.48. The molecule has 0 unspecified atom stereocenters. The number of benzene rings is 1. The summed E-state index contributed by atoms with van der Waals surface area (Å²) in [5.74, 6) is 2.09. The summed E-state index contributed by atoms with van der Waals surface area (Å²) in [6.45, 7) is 0. The molecule has 0 amide bonds. The maximum atomic E-state index is 9.75. The van der Waals surface area contributed by atoms with E-state index in [0.29, 0.717) is 20.6 Å². The molecule has 0 fully saturated rings. The standard InChI is InChI=1S/C7H7N2Se.BF4/c1-10-7-5-3-2-4-6(7)9-8;2-1(3,4)5/h2-5H,1H3;/q+1;-1. The minimum atomic E-state index is -6.00. The normalized spacial score (nSPS) is 9.87. The first-order chi connectivity index (χ1) is 6.88. The van der Waals surface area contributed by atoms with Crippen molar-refractivity contribution < 1.29 is 17.3 Å². The Morgan fingerprint density at radius 3 is 2.00 bits per heavy atom. The van der Waals surface area contributed by atoms with E-state index in [2.05, 4.69) is 10.8 Å². The van der Waals surface area contributed by atoms with E-state index >= 15 is 0 Å². The molecule has 0 atom stereocenters. The van der Waals surface area contributed by atoms with Gasteiger partial charge in [0, 0.05) is 0 Å². The zero-order valence-corrected chi connectivity index (χ0v) is 9.41. The molecule has 8 heteroatoms. The van der Waals surface area contributed by atoms with Crippen molar-refractivity contribution in [2.45, 2.75) is 5.82 Å². The van der Waals surface area contributed by atoms with Crippen LogP contribution in [0.15, 0.2) is 24.3 Å². The third-order valence-corrected chi connectivity index (χ3v) is 2.84. The van der Waals surface area contributed by atoms with E-state index in [1.165, 1.54) is 0 Å². The van der Waals surface area contributed by atoms with Crippen LogP contribution in [0.2, 0.25) is 5.82 Å². The molecular formula is C7H7BF4N2Se. The Hall–Kier alpha value is -1.06. The molecule has 0 aliphatic rings. The first-order valence-electron chi connectivity index (χ1n) is 3.74. The number of hydrogen-bond donors (Lipinski definition) is 0. The van der Waals surface area contributed by atoms with Crippen molar-refractivity contribution in [2.24, 2.45) is 0 Å². The van der Waals surface area contributed by atoms with E-state index in [1.807, 2.05) is 18.2 Å². The molecule has 0 aliphatic heterocycles. The number of rotatable bonds is 1. The van der Waals surface area contributed by atoms with Crippen molar-refractivity contribution in [3.8, 4) is 0 Å². The zero-order valence-electron chi connectivity index (χ0n) is 7.70. The molecule has 0 aliphatic carbocycles. The van der Waals surface area contributed by atoms with Gasteiger partial charge in [-0.3, -0.25) is 0 Å². The summed E-state index contributed by atoms with van der Waals surface area (Å²) in [4.78, 5) is 3.16. The molecular weight excluding hydrogens is 278 g/mol. The summed E-state index contributed by atoms with van der Waals surface area (Å²) in [6, 6.07) is 7.61. The Kier molecular flexibility index (Phi) is 5.98. The van der Waals surface area contributed by atoms with Gasteiger partial charge in [-0.1, -0.05) is 0 Å². The number of diazo groups is 1. The smallest absolute Gasteiger partial charge is 0.418 e. The van der Waals surface area contributed by atoms with E-state index in [9.17, 15) is 17.3 Å². The fourth-order valence-corrected chi connectivity index (χ4v) is 1.83. The first-order valence-corrected chi connectivity index (χ1v) is 6.31. The summed E-state index contributed by atoms with van der Waals surface area (Å²) < 4.78 is 40.1. The molecule has 0 saturated heterocycles. The summed E-state index contributed by atoms with van der Waals surface area (Å²) in [7, 11) is -6.00. The predicted octanol–water partition coefficient (Wildman–Crippen LogP) is 2.85. The van der Waals surface area contributed by atoms with Crippen LogP contribution in [0, 0.1) is 5.39 Å². The van der Waals surface area contributed by atoms with Gasteiger partial charge in [0.25, 0.3) is 0 Å². The van der Waals surface area contributed by atoms with Crippen LogP contribution in [0.3, 0.4) is 0 Å². The number of nitrogens with zero attached hydrogens (tertiary/aromatic N) is 2. The van der Waals surface area contributed by atoms with Crippen LogP contribution in [0.1, 0.15) is 0 Å². The van der Waals surface area contributed by atoms with Crippen molar-refractivity contribution in [1.82, 2.24) is 0 Å². The fourth-order valence-electron chi connectivity index (χ4n) is 0.712. The maximum Gasteiger partial charge on any atom is 0.673 e. The topological polar surface area (TPSA) is 28.1 Å². The third-order valence-electron chi connectivity index (χ3n) is 1.19. The molecule has 0 N–H and O–H groups in total. The monoisotopic (exact) mass is 286 g/mol. The van der Waals surface area contributed by atoms with Crippen molar-refractivity contribution in [3.05, 3.63) is 29.2 Å². The Morgan fingerprint density at radius 2 is 1.67 bits per heavy atom. The number of hydrogen-bond acceptors (Lipinski definition) is 1. The van der Waals surface area contributed by atoms with Crippen LogP contribution < -0.4 is 4.46 Å². The van der Waals surface area contributed by atoms with Crippen LogP contribution in [-0.2, 0) is 0 Å². The van der Waals surface area contributed by atoms with Crippen LogP contribution in [-0.4, -0.2) is 22.2 Å². The number of halogens is 4. The van der Waals surface area contributed by atoms with Crippen molar-refractivity contribution in [1.29, 1.82) is 5.39 Å². The molecule has 1 aromatic rings. The van der Waals surface area contributed by atoms with Crippen LogP contribution in [0.4, 0.5) is 23.0 Å². The van der Waals surface area contributed by atoms with E-state index < -0.39 is 7.25 Å². The van der Waals surface area contributed by atoms with Gasteiger partial charge in [0.2, 0.25) is 0 Å². The molecule has 0 spiro atoms. The third kappa shape index (κ3) is 7.97. The largest absolute Gasteiger partial charge is 0.673 e. The van der Waals surface area contributed by atoms with Crippen molar-refractivity contribution in [2.75, 3.05) is 0 Å². The Morgan fingerprint density at radius 1 is 1.20 bits per heavy atom. The van der Waals surface area contributed by atoms with Crippen molar-refractivity contribution >= 4 is 32.4 Å². The second-order valence-electron chi connectivity index (χ2n) is 2.27. The van der Waals surface area contributed by atoms with E-state index in [1.54, 1.807) is 6.07 Å². The maximum absolute atomic E-state index is 9.75. The fraction of sp³-hybridized carbons (Fsp3) is 0.143. The second kappa shape index (κ2) is 6.43. The van der Waals surface area contributed by atoms with Gasteiger partial charge in [-0.05, 0) is 0 Å². The molecule has 1 aromatic carbocycles. The molecule has 2 nitrogen and oxygen atoms in total. The van der Waals surface area contributed by atoms with E-state index in [0.717, 1.165) is 4.46 Å². The first kappa shape index (κ1) is 13.9. The van der Waals surface area contributed by atoms with Gasteiger partial charge in [-0.15, -0.1) is 0 Å². The van der Waals surface area contributed by atoms with Gasteiger partial charge in [0.1, 0.15) is 0 Å². The van der Waals surface area contributed by atoms with Gasteiger partial charge in [-0.25, -0.2) is 0 Å². The second-order valence-corrected chi connectivity index (χ2v) is 4.05. The SMILES string of the molecule is C[Se]c1ccccc1[N+]#N.F[B-](F)(F)F. The zero-order chi connectivity index (χ0) is 11.9. The Bertz CT molecular complexity index is 344. The van der Waals surface area contributed by atoms with Crippen LogP contribution in [0.25, 0.3) is 4.98 Å². The van der Waals surface area contributed by atoms with Gasteiger partial charge >= 0.3 is 72.8 Å². The minimum Gasteiger partial charge on any atom is -0.418 e. The molecule has 82 valence electrons. The van der Waals surface area contributed by atoms with Gasteiger partial charge < -0.3 is 17.3 Å². The minimum absolute atomic E-state index is 0.406. The molecule has 0 bridgehead atoms. The summed E-state index contributed by atoms with van der Waals surface area (Å²) in [5.41, 5.74) is 0.699. The van der Waals surface area contributed by atoms with Crippen LogP contribution >= 0.6 is 0 Å². The summed E-state index contributed by atoms with van der Waals surface area (Å²) in [6.07, 6.45) is 0. The van der Waals surface area contributed by atoms with E-state index in [-0.39, 0.29) is 0 Å². The molecule has 0 aromatic heterocycles. The molecule has 0 saturated carbocycles. The van der Waals surface area contributed by atoms with Crippen molar-refractivity contribution in [3.63, 3.8) is 0 Å². The predicted molar refractivity (Wildman–Crippen MR) is 52.6 cm³/mol.